The van der Waals surface area contributed by atoms with Crippen LogP contribution in [0.3, 0.4) is 0 Å². The van der Waals surface area contributed by atoms with Gasteiger partial charge in [0.25, 0.3) is 0 Å². The van der Waals surface area contributed by atoms with Gasteiger partial charge in [-0.2, -0.15) is 0 Å². The fraction of sp³-hybridized carbons (Fsp3) is 0.273. The molecule has 0 N–H and O–H groups in total. The maximum atomic E-state index is 12.4. The molecule has 0 saturated heterocycles. The topological polar surface area (TPSA) is 34.1 Å². The zero-order chi connectivity index (χ0) is 26.7. The van der Waals surface area contributed by atoms with E-state index in [4.69, 9.17) is 0 Å². The van der Waals surface area contributed by atoms with E-state index in [0.717, 1.165) is 11.7 Å². The Morgan fingerprint density at radius 3 is 1.73 bits per heavy atom. The van der Waals surface area contributed by atoms with Crippen molar-refractivity contribution in [3.63, 3.8) is 0 Å². The van der Waals surface area contributed by atoms with Crippen molar-refractivity contribution in [2.45, 2.75) is 34.1 Å². The van der Waals surface area contributed by atoms with Gasteiger partial charge in [-0.3, -0.25) is 0 Å². The second-order valence-corrected chi connectivity index (χ2v) is 19.9. The number of carbonyl (C=O) groups is 2. The van der Waals surface area contributed by atoms with Gasteiger partial charge in [0.1, 0.15) is 0 Å². The second-order valence-electron chi connectivity index (χ2n) is 10.9. The van der Waals surface area contributed by atoms with Gasteiger partial charge in [-0.05, 0) is 0 Å². The van der Waals surface area contributed by atoms with Crippen molar-refractivity contribution >= 4 is 48.3 Å². The van der Waals surface area contributed by atoms with Gasteiger partial charge >= 0.3 is 230 Å². The predicted octanol–water partition coefficient (Wildman–Crippen LogP) is 7.15. The Bertz CT molecular complexity index is 1230. The summed E-state index contributed by atoms with van der Waals surface area (Å²) in [4.78, 5) is 24.6. The molecule has 1 fully saturated rings. The van der Waals surface area contributed by atoms with E-state index in [2.05, 4.69) is 145 Å². The molecule has 192 valence electrons. The van der Waals surface area contributed by atoms with Crippen LogP contribution in [0, 0.1) is 17.3 Å². The summed E-state index contributed by atoms with van der Waals surface area (Å²) in [5.74, 6) is -0.746. The van der Waals surface area contributed by atoms with Gasteiger partial charge in [-0.15, -0.1) is 0 Å². The Kier molecular flexibility index (Phi) is 7.88. The molecule has 0 spiro atoms. The number of halogens is 1. The summed E-state index contributed by atoms with van der Waals surface area (Å²) in [6.45, 7) is 8.19. The van der Waals surface area contributed by atoms with Crippen LogP contribution < -0.4 is 15.9 Å². The van der Waals surface area contributed by atoms with Crippen LogP contribution in [-0.2, 0) is 9.59 Å². The van der Waals surface area contributed by atoms with Gasteiger partial charge in [0.15, 0.2) is 0 Å². The fourth-order valence-electron chi connectivity index (χ4n) is 5.76. The molecule has 3 aromatic rings. The van der Waals surface area contributed by atoms with E-state index < -0.39 is 5.31 Å². The first-order valence-corrected chi connectivity index (χ1v) is 17.3. The third kappa shape index (κ3) is 5.09. The van der Waals surface area contributed by atoms with Gasteiger partial charge in [0.05, 0.1) is 0 Å². The average Bonchev–Trinajstić information content (AvgIpc) is 2.91. The molecule has 0 heterocycles. The van der Waals surface area contributed by atoms with E-state index in [9.17, 15) is 9.59 Å². The molecule has 0 aromatic heterocycles. The van der Waals surface area contributed by atoms with Gasteiger partial charge in [0.2, 0.25) is 0 Å². The third-order valence-electron chi connectivity index (χ3n) is 7.95. The number of hydrogen-bond donors (Lipinski definition) is 0. The Balaban J connectivity index is 1.80. The molecule has 2 nitrogen and oxygen atoms in total. The molecule has 1 aliphatic carbocycles. The van der Waals surface area contributed by atoms with Gasteiger partial charge < -0.3 is 0 Å². The van der Waals surface area contributed by atoms with Crippen LogP contribution in [0.5, 0.6) is 0 Å². The summed E-state index contributed by atoms with van der Waals surface area (Å²) in [6.07, 6.45) is 7.73. The van der Waals surface area contributed by atoms with Gasteiger partial charge in [0, 0.05) is 0 Å². The molecule has 0 radical (unpaired) electrons. The summed E-state index contributed by atoms with van der Waals surface area (Å²) < 4.78 is 0. The monoisotopic (exact) mass is 574 g/mol. The molecule has 1 aliphatic rings. The molecule has 4 heteroatoms. The molecule has 37 heavy (non-hydrogen) atoms. The Hall–Kier alpha value is -2.61. The van der Waals surface area contributed by atoms with Gasteiger partial charge in [-0.1, -0.05) is 0 Å². The zero-order valence-electron chi connectivity index (χ0n) is 22.1. The molecular weight excluding hydrogens is 539 g/mol. The molecule has 2 atom stereocenters. The summed E-state index contributed by atoms with van der Waals surface area (Å²) >= 11 is 4.50. The first kappa shape index (κ1) is 27.4. The van der Waals surface area contributed by atoms with Crippen LogP contribution in [0.2, 0.25) is 0 Å². The van der Waals surface area contributed by atoms with Crippen LogP contribution in [0.4, 0.5) is 0 Å². The van der Waals surface area contributed by atoms with Crippen LogP contribution >= 0.6 is 20.8 Å². The van der Waals surface area contributed by atoms with Crippen molar-refractivity contribution in [2.75, 3.05) is 6.16 Å². The van der Waals surface area contributed by atoms with Crippen LogP contribution in [0.1, 0.15) is 34.1 Å². The van der Waals surface area contributed by atoms with E-state index in [1.165, 1.54) is 15.9 Å². The summed E-state index contributed by atoms with van der Waals surface area (Å²) in [5, 5.41) is 0.816. The van der Waals surface area contributed by atoms with Crippen molar-refractivity contribution in [1.29, 1.82) is 0 Å². The number of carbonyl (C=O) groups excluding carboxylic acids is 2. The number of benzene rings is 3. The molecule has 0 aliphatic heterocycles. The minimum atomic E-state index is -3.03. The number of allylic oxidation sites excluding steroid dienone is 4. The molecule has 4 rings (SSSR count). The van der Waals surface area contributed by atoms with Crippen molar-refractivity contribution in [2.24, 2.45) is 17.3 Å². The average molecular weight is 576 g/mol. The second kappa shape index (κ2) is 10.6. The number of rotatable bonds is 7. The summed E-state index contributed by atoms with van der Waals surface area (Å²) in [5.41, 5.74) is 0.900. The summed E-state index contributed by atoms with van der Waals surface area (Å²) in [6, 6.07) is 32.3. The molecule has 3 aromatic carbocycles. The van der Waals surface area contributed by atoms with Crippen molar-refractivity contribution in [3.8, 4) is 0 Å². The number of ketones is 2. The first-order chi connectivity index (χ1) is 17.6. The fourth-order valence-corrected chi connectivity index (χ4v) is 12.9. The quantitative estimate of drug-likeness (QED) is 0.170. The van der Waals surface area contributed by atoms with E-state index in [1.807, 2.05) is 6.92 Å². The number of Topliss-reactive ketones (excluding diaryl/α,β-unsaturated/α-hetero) is 2. The predicted molar refractivity (Wildman–Crippen MR) is 163 cm³/mol. The molecule has 1 saturated carbocycles. The Morgan fingerprint density at radius 2 is 1.30 bits per heavy atom. The van der Waals surface area contributed by atoms with E-state index in [0.29, 0.717) is 6.42 Å². The van der Waals surface area contributed by atoms with Crippen LogP contribution in [-0.4, -0.2) is 17.7 Å². The van der Waals surface area contributed by atoms with Crippen molar-refractivity contribution < 1.29 is 9.59 Å². The maximum absolute atomic E-state index is 12.4. The zero-order valence-corrected chi connectivity index (χ0v) is 24.6. The molecule has 0 amide bonds. The first-order valence-electron chi connectivity index (χ1n) is 12.9. The van der Waals surface area contributed by atoms with Gasteiger partial charge in [-0.25, -0.2) is 0 Å². The number of hydrogen-bond acceptors (Lipinski definition) is 2. The normalized spacial score (nSPS) is 21.5. The molecular formula is C33H36BrO2P. The van der Waals surface area contributed by atoms with E-state index in [-0.39, 0.29) is 28.8 Å². The van der Waals surface area contributed by atoms with Crippen molar-refractivity contribution in [1.82, 2.24) is 0 Å². The third-order valence-corrected chi connectivity index (χ3v) is 17.5. The Labute approximate surface area is 229 Å². The summed E-state index contributed by atoms with van der Waals surface area (Å²) in [7, 11) is 0. The van der Waals surface area contributed by atoms with E-state index in [1.54, 1.807) is 0 Å². The minimum absolute atomic E-state index is 0.0256. The van der Waals surface area contributed by atoms with Crippen LogP contribution in [0.15, 0.2) is 115 Å². The standard InChI is InChI=1S/C33H36BrO2P/c1-25(20-21-30-26(2)32(36)31(35)24-33(30,3)4)22-23-37(34,27-14-8-5-9-15-27,28-16-10-6-11-17-28)29-18-12-7-13-19-29/h5-22,26,30H,23-24H2,1-4H3. The van der Waals surface area contributed by atoms with E-state index >= 15 is 0 Å². The SMILES string of the molecule is CC(C=CC1C(C)C(=O)C(=O)CC1(C)C)=CCP(Br)(c1ccccc1)(c1ccccc1)c1ccccc1. The Morgan fingerprint density at radius 1 is 0.865 bits per heavy atom. The van der Waals surface area contributed by atoms with Crippen molar-refractivity contribution in [3.05, 3.63) is 115 Å². The van der Waals surface area contributed by atoms with Crippen LogP contribution in [0.25, 0.3) is 0 Å². The molecule has 0 bridgehead atoms. The molecule has 2 unspecified atom stereocenters.